The van der Waals surface area contributed by atoms with E-state index in [0.29, 0.717) is 17.9 Å². The van der Waals surface area contributed by atoms with Crippen LogP contribution >= 0.6 is 0 Å². The first-order valence-electron chi connectivity index (χ1n) is 7.84. The van der Waals surface area contributed by atoms with Crippen molar-refractivity contribution < 1.29 is 13.2 Å². The Bertz CT molecular complexity index is 713. The number of rotatable bonds is 6. The summed E-state index contributed by atoms with van der Waals surface area (Å²) in [5.41, 5.74) is 0.555. The van der Waals surface area contributed by atoms with Crippen molar-refractivity contribution >= 4 is 21.8 Å². The molecule has 126 valence electrons. The number of hydrogen-bond acceptors (Lipinski definition) is 4. The summed E-state index contributed by atoms with van der Waals surface area (Å²) in [6, 6.07) is 6.69. The quantitative estimate of drug-likeness (QED) is 0.792. The van der Waals surface area contributed by atoms with Crippen LogP contribution in [0.3, 0.4) is 0 Å². The maximum absolute atomic E-state index is 12.4. The molecule has 0 saturated carbocycles. The third-order valence-electron chi connectivity index (χ3n) is 3.86. The van der Waals surface area contributed by atoms with Crippen LogP contribution in [0, 0.1) is 0 Å². The Hall–Kier alpha value is -1.89. The Morgan fingerprint density at radius 1 is 1.22 bits per heavy atom. The highest BCUT2D eigenvalue weighted by Crippen LogP contribution is 2.26. The van der Waals surface area contributed by atoms with Crippen LogP contribution in [-0.4, -0.2) is 56.6 Å². The second-order valence-electron chi connectivity index (χ2n) is 5.57. The van der Waals surface area contributed by atoms with E-state index in [-0.39, 0.29) is 17.3 Å². The molecule has 0 aromatic heterocycles. The van der Waals surface area contributed by atoms with Gasteiger partial charge in [-0.05, 0) is 25.5 Å². The summed E-state index contributed by atoms with van der Waals surface area (Å²) in [6.45, 7) is 5.51. The minimum Gasteiger partial charge on any atom is -0.349 e. The molecule has 6 nitrogen and oxygen atoms in total. The molecule has 23 heavy (non-hydrogen) atoms. The van der Waals surface area contributed by atoms with Crippen LogP contribution in [0.2, 0.25) is 0 Å². The van der Waals surface area contributed by atoms with Crippen molar-refractivity contribution in [2.45, 2.75) is 31.6 Å². The van der Waals surface area contributed by atoms with Crippen molar-refractivity contribution in [1.29, 1.82) is 0 Å². The Labute approximate surface area is 137 Å². The fourth-order valence-electron chi connectivity index (χ4n) is 2.55. The maximum atomic E-state index is 12.4. The molecular formula is C16H23N3O3S. The van der Waals surface area contributed by atoms with Crippen LogP contribution in [0.15, 0.2) is 33.6 Å². The zero-order chi connectivity index (χ0) is 17.0. The number of amidine groups is 1. The monoisotopic (exact) mass is 337 g/mol. The van der Waals surface area contributed by atoms with E-state index in [1.807, 2.05) is 6.92 Å². The van der Waals surface area contributed by atoms with Crippen molar-refractivity contribution in [2.24, 2.45) is 4.40 Å². The standard InChI is InChI=1S/C16H23N3O3S/c1-4-6-11-19(5-2)15(20)12-18(3)16-13-9-7-8-10-14(13)23(21,22)17-16/h7-10H,4-6,11-12H2,1-3H3. The van der Waals surface area contributed by atoms with E-state index in [1.54, 1.807) is 35.0 Å². The fraction of sp³-hybridized carbons (Fsp3) is 0.500. The second kappa shape index (κ2) is 7.12. The molecule has 1 heterocycles. The lowest BCUT2D eigenvalue weighted by atomic mass is 10.2. The number of nitrogens with zero attached hydrogens (tertiary/aromatic N) is 3. The molecule has 0 saturated heterocycles. The van der Waals surface area contributed by atoms with Crippen molar-refractivity contribution in [3.63, 3.8) is 0 Å². The number of hydrogen-bond donors (Lipinski definition) is 0. The number of carbonyl (C=O) groups excluding carboxylic acids is 1. The average molecular weight is 337 g/mol. The summed E-state index contributed by atoms with van der Waals surface area (Å²) >= 11 is 0. The minimum absolute atomic E-state index is 0.0204. The molecule has 1 aromatic carbocycles. The van der Waals surface area contributed by atoms with Gasteiger partial charge in [-0.1, -0.05) is 25.5 Å². The summed E-state index contributed by atoms with van der Waals surface area (Å²) < 4.78 is 28.0. The van der Waals surface area contributed by atoms with Gasteiger partial charge in [-0.3, -0.25) is 4.79 Å². The van der Waals surface area contributed by atoms with Crippen LogP contribution in [0.1, 0.15) is 32.3 Å². The lowest BCUT2D eigenvalue weighted by Crippen LogP contribution is -2.41. The molecule has 0 radical (unpaired) electrons. The third-order valence-corrected chi connectivity index (χ3v) is 5.19. The first-order chi connectivity index (χ1) is 10.9. The highest BCUT2D eigenvalue weighted by atomic mass is 32.2. The molecule has 7 heteroatoms. The minimum atomic E-state index is -3.65. The first kappa shape index (κ1) is 17.5. The molecule has 0 bridgehead atoms. The Morgan fingerprint density at radius 2 is 1.91 bits per heavy atom. The van der Waals surface area contributed by atoms with Crippen LogP contribution in [-0.2, 0) is 14.8 Å². The number of sulfonamides is 1. The highest BCUT2D eigenvalue weighted by Gasteiger charge is 2.31. The molecule has 0 N–H and O–H groups in total. The lowest BCUT2D eigenvalue weighted by molar-refractivity contribution is -0.131. The molecular weight excluding hydrogens is 314 g/mol. The smallest absolute Gasteiger partial charge is 0.285 e. The third kappa shape index (κ3) is 3.72. The predicted molar refractivity (Wildman–Crippen MR) is 90.0 cm³/mol. The summed E-state index contributed by atoms with van der Waals surface area (Å²) in [5.74, 6) is 0.313. The van der Waals surface area contributed by atoms with Crippen LogP contribution in [0.4, 0.5) is 0 Å². The molecule has 1 aliphatic rings. The number of benzene rings is 1. The summed E-state index contributed by atoms with van der Waals surface area (Å²) in [7, 11) is -1.96. The summed E-state index contributed by atoms with van der Waals surface area (Å²) in [4.78, 5) is 16.0. The molecule has 0 atom stereocenters. The topological polar surface area (TPSA) is 70.1 Å². The number of fused-ring (bicyclic) bond motifs is 1. The van der Waals surface area contributed by atoms with Gasteiger partial charge in [0.25, 0.3) is 10.0 Å². The highest BCUT2D eigenvalue weighted by molar-refractivity contribution is 7.90. The van der Waals surface area contributed by atoms with E-state index in [2.05, 4.69) is 11.3 Å². The number of amides is 1. The average Bonchev–Trinajstić information content (AvgIpc) is 2.80. The van der Waals surface area contributed by atoms with Gasteiger partial charge in [0.05, 0.1) is 6.54 Å². The van der Waals surface area contributed by atoms with Gasteiger partial charge in [-0.15, -0.1) is 4.40 Å². The van der Waals surface area contributed by atoms with Crippen LogP contribution in [0.25, 0.3) is 0 Å². The van der Waals surface area contributed by atoms with Crippen molar-refractivity contribution in [3.05, 3.63) is 29.8 Å². The van der Waals surface area contributed by atoms with Gasteiger partial charge in [0, 0.05) is 25.7 Å². The number of unbranched alkanes of at least 4 members (excludes halogenated alkanes) is 1. The lowest BCUT2D eigenvalue weighted by Gasteiger charge is -2.25. The fourth-order valence-corrected chi connectivity index (χ4v) is 3.80. The maximum Gasteiger partial charge on any atom is 0.285 e. The van der Waals surface area contributed by atoms with E-state index < -0.39 is 10.0 Å². The zero-order valence-corrected chi connectivity index (χ0v) is 14.6. The number of likely N-dealkylation sites (N-methyl/N-ethyl adjacent to an activating group) is 2. The van der Waals surface area contributed by atoms with Crippen molar-refractivity contribution in [3.8, 4) is 0 Å². The first-order valence-corrected chi connectivity index (χ1v) is 9.28. The predicted octanol–water partition coefficient (Wildman–Crippen LogP) is 1.72. The van der Waals surface area contributed by atoms with Crippen molar-refractivity contribution in [1.82, 2.24) is 9.80 Å². The van der Waals surface area contributed by atoms with Crippen LogP contribution in [0.5, 0.6) is 0 Å². The zero-order valence-electron chi connectivity index (χ0n) is 13.8. The van der Waals surface area contributed by atoms with Gasteiger partial charge < -0.3 is 9.80 Å². The normalized spacial score (nSPS) is 15.0. The van der Waals surface area contributed by atoms with Gasteiger partial charge in [-0.2, -0.15) is 8.42 Å². The van der Waals surface area contributed by atoms with Crippen molar-refractivity contribution in [2.75, 3.05) is 26.7 Å². The summed E-state index contributed by atoms with van der Waals surface area (Å²) in [6.07, 6.45) is 1.99. The van der Waals surface area contributed by atoms with Gasteiger partial charge in [0.2, 0.25) is 5.91 Å². The SMILES string of the molecule is CCCCN(CC)C(=O)CN(C)C1=NS(=O)(=O)c2ccccc21. The molecule has 1 aliphatic heterocycles. The van der Waals surface area contributed by atoms with Gasteiger partial charge in [-0.25, -0.2) is 0 Å². The van der Waals surface area contributed by atoms with E-state index in [4.69, 9.17) is 0 Å². The van der Waals surface area contributed by atoms with Gasteiger partial charge >= 0.3 is 0 Å². The molecule has 0 unspecified atom stereocenters. The molecule has 0 aliphatic carbocycles. The Morgan fingerprint density at radius 3 is 2.57 bits per heavy atom. The Kier molecular flexibility index (Phi) is 5.41. The summed E-state index contributed by atoms with van der Waals surface area (Å²) in [5, 5.41) is 0. The van der Waals surface area contributed by atoms with Crippen LogP contribution < -0.4 is 0 Å². The molecule has 0 spiro atoms. The second-order valence-corrected chi connectivity index (χ2v) is 7.14. The largest absolute Gasteiger partial charge is 0.349 e. The molecule has 1 amide bonds. The molecule has 2 rings (SSSR count). The van der Waals surface area contributed by atoms with E-state index in [0.717, 1.165) is 19.4 Å². The van der Waals surface area contributed by atoms with Gasteiger partial charge in [0.15, 0.2) is 5.84 Å². The number of carbonyl (C=O) groups is 1. The van der Waals surface area contributed by atoms with E-state index >= 15 is 0 Å². The van der Waals surface area contributed by atoms with Gasteiger partial charge in [0.1, 0.15) is 4.90 Å². The molecule has 0 fully saturated rings. The van der Waals surface area contributed by atoms with E-state index in [1.165, 1.54) is 6.07 Å². The van der Waals surface area contributed by atoms with E-state index in [9.17, 15) is 13.2 Å². The molecule has 1 aromatic rings. The Balaban J connectivity index is 2.16.